The molecule has 0 aromatic rings. The molecule has 432 valence electrons. The van der Waals surface area contributed by atoms with E-state index in [2.05, 4.69) is 55.6 Å². The van der Waals surface area contributed by atoms with Gasteiger partial charge in [-0.2, -0.15) is 0 Å². The number of rotatable bonds is 61. The Bertz CT molecular complexity index is 1150. The van der Waals surface area contributed by atoms with Crippen molar-refractivity contribution >= 4 is 5.91 Å². The van der Waals surface area contributed by atoms with Crippen molar-refractivity contribution in [3.8, 4) is 0 Å². The van der Waals surface area contributed by atoms with Gasteiger partial charge in [0.2, 0.25) is 5.91 Å². The van der Waals surface area contributed by atoms with Gasteiger partial charge in [-0.3, -0.25) is 4.79 Å². The number of aliphatic hydroxyl groups excluding tert-OH is 4. The van der Waals surface area contributed by atoms with Gasteiger partial charge in [0.25, 0.3) is 0 Å². The molecule has 0 aromatic heterocycles. The molecule has 0 aliphatic carbocycles. The molecule has 0 aliphatic heterocycles. The molecule has 0 radical (unpaired) electrons. The Morgan fingerprint density at radius 1 is 0.329 bits per heavy atom. The summed E-state index contributed by atoms with van der Waals surface area (Å²) in [5.41, 5.74) is 0. The molecule has 6 nitrogen and oxygen atoms in total. The van der Waals surface area contributed by atoms with E-state index in [1.807, 2.05) is 0 Å². The van der Waals surface area contributed by atoms with Crippen LogP contribution in [0.5, 0.6) is 0 Å². The molecule has 4 atom stereocenters. The highest BCUT2D eigenvalue weighted by Gasteiger charge is 2.28. The SMILES string of the molecule is CCCCCCCCCCCCCC/C=C\CCCCCCCCCCCCCC(O)C(=O)NC(CO)C(O)C(O)CCC/C=C/CC/C=C/CCCCCCCCCCCCCCCCCCCCCCC. The number of amides is 1. The van der Waals surface area contributed by atoms with Gasteiger partial charge in [-0.05, 0) is 77.0 Å². The minimum absolute atomic E-state index is 0.360. The molecule has 1 amide bonds. The summed E-state index contributed by atoms with van der Waals surface area (Å²) in [6.45, 7) is 4.09. The third-order valence-corrected chi connectivity index (χ3v) is 15.6. The third-order valence-electron chi connectivity index (χ3n) is 15.6. The molecule has 73 heavy (non-hydrogen) atoms. The van der Waals surface area contributed by atoms with Crippen molar-refractivity contribution in [1.29, 1.82) is 0 Å². The second-order valence-corrected chi connectivity index (χ2v) is 22.8. The van der Waals surface area contributed by atoms with Gasteiger partial charge in [-0.25, -0.2) is 0 Å². The van der Waals surface area contributed by atoms with Crippen LogP contribution in [0.4, 0.5) is 0 Å². The minimum atomic E-state index is -1.29. The van der Waals surface area contributed by atoms with Crippen LogP contribution in [0.1, 0.15) is 354 Å². The lowest BCUT2D eigenvalue weighted by Crippen LogP contribution is -2.53. The summed E-state index contributed by atoms with van der Waals surface area (Å²) in [5, 5.41) is 44.1. The molecule has 0 heterocycles. The highest BCUT2D eigenvalue weighted by Crippen LogP contribution is 2.18. The first-order valence-electron chi connectivity index (χ1n) is 32.9. The summed E-state index contributed by atoms with van der Waals surface area (Å²) >= 11 is 0. The zero-order chi connectivity index (χ0) is 53.0. The average molecular weight is 1030 g/mol. The van der Waals surface area contributed by atoms with Crippen LogP contribution in [-0.4, -0.2) is 57.3 Å². The Kier molecular flexibility index (Phi) is 60.1. The van der Waals surface area contributed by atoms with Crippen LogP contribution in [0.3, 0.4) is 0 Å². The summed E-state index contributed by atoms with van der Waals surface area (Å²) in [6, 6.07) is -1.01. The van der Waals surface area contributed by atoms with Gasteiger partial charge in [-0.1, -0.05) is 314 Å². The molecule has 0 saturated carbocycles. The summed E-state index contributed by atoms with van der Waals surface area (Å²) in [6.07, 6.45) is 78.3. The number of nitrogens with one attached hydrogen (secondary N) is 1. The standard InChI is InChI=1S/C67H129NO5/c1-3-5-7-9-11-13-15-17-19-21-23-25-27-29-31-32-33-35-36-38-40-42-44-46-48-50-52-54-56-58-60-64(70)66(72)63(62-69)68-67(73)65(71)61-59-57-55-53-51-49-47-45-43-41-39-37-34-30-28-26-24-22-20-18-16-14-12-10-8-6-4-2/h30,34,44,46,52,54,63-66,69-72H,3-29,31-33,35-43,45,47-51,53,55-62H2,1-2H3,(H,68,73)/b34-30-,46-44+,54-52+. The average Bonchev–Trinajstić information content (AvgIpc) is 3.40. The van der Waals surface area contributed by atoms with Gasteiger partial charge in [0, 0.05) is 0 Å². The lowest BCUT2D eigenvalue weighted by molar-refractivity contribution is -0.132. The van der Waals surface area contributed by atoms with Gasteiger partial charge in [-0.15, -0.1) is 0 Å². The fourth-order valence-electron chi connectivity index (χ4n) is 10.4. The normalized spacial score (nSPS) is 13.8. The van der Waals surface area contributed by atoms with Crippen LogP contribution in [0.2, 0.25) is 0 Å². The van der Waals surface area contributed by atoms with Crippen LogP contribution >= 0.6 is 0 Å². The lowest BCUT2D eigenvalue weighted by atomic mass is 10.00. The molecule has 0 saturated heterocycles. The maximum atomic E-state index is 12.6. The van der Waals surface area contributed by atoms with Gasteiger partial charge < -0.3 is 25.7 Å². The number of aliphatic hydroxyl groups is 4. The fourth-order valence-corrected chi connectivity index (χ4v) is 10.4. The topological polar surface area (TPSA) is 110 Å². The van der Waals surface area contributed by atoms with Crippen molar-refractivity contribution in [3.63, 3.8) is 0 Å². The Morgan fingerprint density at radius 3 is 0.863 bits per heavy atom. The highest BCUT2D eigenvalue weighted by atomic mass is 16.3. The van der Waals surface area contributed by atoms with Gasteiger partial charge in [0.05, 0.1) is 18.8 Å². The van der Waals surface area contributed by atoms with E-state index in [0.29, 0.717) is 19.3 Å². The number of carbonyl (C=O) groups excluding carboxylic acids is 1. The molecule has 0 aliphatic rings. The zero-order valence-electron chi connectivity index (χ0n) is 49.2. The predicted molar refractivity (Wildman–Crippen MR) is 321 cm³/mol. The first-order valence-corrected chi connectivity index (χ1v) is 32.9. The smallest absolute Gasteiger partial charge is 0.249 e. The van der Waals surface area contributed by atoms with Crippen LogP contribution in [0.25, 0.3) is 0 Å². The quantitative estimate of drug-likeness (QED) is 0.0308. The van der Waals surface area contributed by atoms with Gasteiger partial charge >= 0.3 is 0 Å². The van der Waals surface area contributed by atoms with Crippen LogP contribution in [0, 0.1) is 0 Å². The number of allylic oxidation sites excluding steroid dienone is 6. The van der Waals surface area contributed by atoms with Gasteiger partial charge in [0.1, 0.15) is 12.2 Å². The molecular weight excluding hydrogens is 899 g/mol. The van der Waals surface area contributed by atoms with Gasteiger partial charge in [0.15, 0.2) is 0 Å². The van der Waals surface area contributed by atoms with E-state index in [1.54, 1.807) is 0 Å². The van der Waals surface area contributed by atoms with Crippen molar-refractivity contribution in [3.05, 3.63) is 36.5 Å². The van der Waals surface area contributed by atoms with Crippen molar-refractivity contribution in [2.45, 2.75) is 379 Å². The predicted octanol–water partition coefficient (Wildman–Crippen LogP) is 19.9. The maximum Gasteiger partial charge on any atom is 0.249 e. The third kappa shape index (κ3) is 55.1. The van der Waals surface area contributed by atoms with Crippen LogP contribution in [0.15, 0.2) is 36.5 Å². The number of carbonyl (C=O) groups is 1. The minimum Gasteiger partial charge on any atom is -0.394 e. The van der Waals surface area contributed by atoms with E-state index in [-0.39, 0.29) is 0 Å². The lowest BCUT2D eigenvalue weighted by Gasteiger charge is -2.27. The molecular formula is C67H129NO5. The van der Waals surface area contributed by atoms with Crippen molar-refractivity contribution < 1.29 is 25.2 Å². The Balaban J connectivity index is 3.62. The van der Waals surface area contributed by atoms with E-state index in [9.17, 15) is 25.2 Å². The van der Waals surface area contributed by atoms with Crippen molar-refractivity contribution in [2.24, 2.45) is 0 Å². The Morgan fingerprint density at radius 2 is 0.575 bits per heavy atom. The monoisotopic (exact) mass is 1030 g/mol. The van der Waals surface area contributed by atoms with Crippen molar-refractivity contribution in [2.75, 3.05) is 6.61 Å². The maximum absolute atomic E-state index is 12.6. The first kappa shape index (κ1) is 71.5. The molecule has 4 unspecified atom stereocenters. The Hall–Kier alpha value is -1.47. The zero-order valence-corrected chi connectivity index (χ0v) is 49.2. The first-order chi connectivity index (χ1) is 36.0. The second kappa shape index (κ2) is 61.4. The summed E-state index contributed by atoms with van der Waals surface area (Å²) < 4.78 is 0. The van der Waals surface area contributed by atoms with E-state index < -0.39 is 36.9 Å². The van der Waals surface area contributed by atoms with E-state index in [0.717, 1.165) is 38.5 Å². The molecule has 6 heteroatoms. The molecule has 0 rings (SSSR count). The largest absolute Gasteiger partial charge is 0.394 e. The molecule has 0 bridgehead atoms. The molecule has 5 N–H and O–H groups in total. The van der Waals surface area contributed by atoms with E-state index in [1.165, 1.54) is 283 Å². The van der Waals surface area contributed by atoms with E-state index in [4.69, 9.17) is 0 Å². The van der Waals surface area contributed by atoms with Crippen LogP contribution in [-0.2, 0) is 4.79 Å². The summed E-state index contributed by atoms with van der Waals surface area (Å²) in [7, 11) is 0. The molecule has 0 spiro atoms. The number of hydrogen-bond acceptors (Lipinski definition) is 5. The summed E-state index contributed by atoms with van der Waals surface area (Å²) in [4.78, 5) is 12.6. The highest BCUT2D eigenvalue weighted by molar-refractivity contribution is 5.80. The number of hydrogen-bond donors (Lipinski definition) is 5. The van der Waals surface area contributed by atoms with E-state index >= 15 is 0 Å². The molecule has 0 aromatic carbocycles. The Labute approximate surface area is 456 Å². The fraction of sp³-hybridized carbons (Fsp3) is 0.896. The van der Waals surface area contributed by atoms with Crippen LogP contribution < -0.4 is 5.32 Å². The number of unbranched alkanes of at least 4 members (excludes halogenated alkanes) is 46. The molecule has 0 fully saturated rings. The second-order valence-electron chi connectivity index (χ2n) is 22.8. The summed E-state index contributed by atoms with van der Waals surface area (Å²) in [5.74, 6) is -0.594. The van der Waals surface area contributed by atoms with Crippen molar-refractivity contribution in [1.82, 2.24) is 5.32 Å².